The number of ether oxygens (including phenoxy) is 1. The summed E-state index contributed by atoms with van der Waals surface area (Å²) in [4.78, 5) is 31.8. The van der Waals surface area contributed by atoms with E-state index in [1.807, 2.05) is 44.2 Å². The number of rotatable bonds is 4. The lowest BCUT2D eigenvalue weighted by molar-refractivity contribution is -0.146. The lowest BCUT2D eigenvalue weighted by atomic mass is 9.67. The van der Waals surface area contributed by atoms with Crippen molar-refractivity contribution in [3.8, 4) is 0 Å². The normalized spacial score (nSPS) is 26.1. The number of aliphatic imine (C=N–C) groups is 1. The van der Waals surface area contributed by atoms with Crippen LogP contribution in [-0.2, 0) is 14.3 Å². The number of furan rings is 1. The van der Waals surface area contributed by atoms with Gasteiger partial charge in [0.2, 0.25) is 0 Å². The Morgan fingerprint density at radius 2 is 1.73 bits per heavy atom. The van der Waals surface area contributed by atoms with E-state index < -0.39 is 11.8 Å². The molecule has 2 aliphatic carbocycles. The standard InChI is InChI=1S/C28H31NO4/c1-17-13-14-24(32-17)27-25(28(31)33-21-11-7-4-8-12-21)18(2)29-22-15-20(16-23(30)26(22)27)19-9-5-3-6-10-19/h3,5-6,9-10,13-14,20-21,26-27H,4,7-8,11-12,15-16H2,1-2H3/t20-,26?,27-/m1/s1. The van der Waals surface area contributed by atoms with E-state index in [2.05, 4.69) is 12.1 Å². The highest BCUT2D eigenvalue weighted by Crippen LogP contribution is 2.46. The Hall–Kier alpha value is -2.95. The van der Waals surface area contributed by atoms with Crippen molar-refractivity contribution in [2.45, 2.75) is 76.7 Å². The van der Waals surface area contributed by atoms with Crippen LogP contribution in [0.4, 0.5) is 0 Å². The predicted molar refractivity (Wildman–Crippen MR) is 126 cm³/mol. The zero-order valence-electron chi connectivity index (χ0n) is 19.4. The highest BCUT2D eigenvalue weighted by atomic mass is 16.5. The molecule has 0 radical (unpaired) electrons. The van der Waals surface area contributed by atoms with Crippen LogP contribution in [0.3, 0.4) is 0 Å². The number of aryl methyl sites for hydroxylation is 1. The Balaban J connectivity index is 1.52. The lowest BCUT2D eigenvalue weighted by Gasteiger charge is -2.37. The molecule has 3 aliphatic rings. The molecule has 2 heterocycles. The van der Waals surface area contributed by atoms with Crippen molar-refractivity contribution in [2.24, 2.45) is 10.9 Å². The number of Topliss-reactive ketones (excluding diaryl/α,β-unsaturated/α-hetero) is 1. The first-order chi connectivity index (χ1) is 16.0. The van der Waals surface area contributed by atoms with Gasteiger partial charge in [0, 0.05) is 17.8 Å². The molecule has 1 aliphatic heterocycles. The quantitative estimate of drug-likeness (QED) is 0.538. The van der Waals surface area contributed by atoms with Gasteiger partial charge in [-0.15, -0.1) is 0 Å². The van der Waals surface area contributed by atoms with Gasteiger partial charge in [-0.05, 0) is 69.6 Å². The van der Waals surface area contributed by atoms with Gasteiger partial charge in [0.1, 0.15) is 23.4 Å². The van der Waals surface area contributed by atoms with Crippen LogP contribution >= 0.6 is 0 Å². The third-order valence-electron chi connectivity index (χ3n) is 7.34. The molecule has 172 valence electrons. The zero-order valence-corrected chi connectivity index (χ0v) is 19.4. The van der Waals surface area contributed by atoms with Crippen molar-refractivity contribution < 1.29 is 18.7 Å². The molecule has 2 fully saturated rings. The van der Waals surface area contributed by atoms with Gasteiger partial charge in [-0.2, -0.15) is 0 Å². The molecule has 1 unspecified atom stereocenters. The minimum atomic E-state index is -0.480. The molecule has 1 aromatic carbocycles. The maximum Gasteiger partial charge on any atom is 0.336 e. The minimum Gasteiger partial charge on any atom is -0.466 e. The van der Waals surface area contributed by atoms with Crippen LogP contribution in [0.5, 0.6) is 0 Å². The van der Waals surface area contributed by atoms with E-state index in [0.717, 1.165) is 42.7 Å². The number of hydrogen-bond donors (Lipinski definition) is 0. The second-order valence-electron chi connectivity index (χ2n) is 9.65. The monoisotopic (exact) mass is 445 g/mol. The largest absolute Gasteiger partial charge is 0.466 e. The number of fused-ring (bicyclic) bond motifs is 1. The average Bonchev–Trinajstić information content (AvgIpc) is 3.25. The molecule has 5 rings (SSSR count). The molecule has 1 aromatic heterocycles. The van der Waals surface area contributed by atoms with Gasteiger partial charge < -0.3 is 9.15 Å². The Labute approximate surface area is 194 Å². The summed E-state index contributed by atoms with van der Waals surface area (Å²) in [6, 6.07) is 13.9. The van der Waals surface area contributed by atoms with E-state index in [9.17, 15) is 9.59 Å². The second-order valence-corrected chi connectivity index (χ2v) is 9.65. The van der Waals surface area contributed by atoms with Crippen LogP contribution in [0, 0.1) is 12.8 Å². The maximum atomic E-state index is 13.6. The summed E-state index contributed by atoms with van der Waals surface area (Å²) in [6.07, 6.45) is 6.25. The van der Waals surface area contributed by atoms with E-state index in [-0.39, 0.29) is 23.8 Å². The van der Waals surface area contributed by atoms with Crippen LogP contribution in [0.25, 0.3) is 0 Å². The number of hydrogen-bond acceptors (Lipinski definition) is 5. The fourth-order valence-electron chi connectivity index (χ4n) is 5.73. The number of allylic oxidation sites excluding steroid dienone is 1. The number of nitrogens with zero attached hydrogens (tertiary/aromatic N) is 1. The van der Waals surface area contributed by atoms with Gasteiger partial charge >= 0.3 is 5.97 Å². The number of carbonyl (C=O) groups excluding carboxylic acids is 2. The van der Waals surface area contributed by atoms with Crippen molar-refractivity contribution in [2.75, 3.05) is 0 Å². The van der Waals surface area contributed by atoms with Crippen LogP contribution in [0.15, 0.2) is 63.1 Å². The summed E-state index contributed by atoms with van der Waals surface area (Å²) < 4.78 is 11.9. The SMILES string of the molecule is CC1=C(C(=O)OC2CCCCC2)[C@@H](c2ccc(C)o2)C2C(=O)C[C@H](c3ccccc3)CC2=N1. The number of ketones is 1. The molecule has 0 spiro atoms. The molecule has 2 saturated carbocycles. The molecular weight excluding hydrogens is 414 g/mol. The van der Waals surface area contributed by atoms with Gasteiger partial charge in [0.25, 0.3) is 0 Å². The molecule has 5 nitrogen and oxygen atoms in total. The van der Waals surface area contributed by atoms with Crippen LogP contribution < -0.4 is 0 Å². The van der Waals surface area contributed by atoms with Gasteiger partial charge in [0.05, 0.1) is 17.4 Å². The Bertz CT molecular complexity index is 1100. The molecular formula is C28H31NO4. The summed E-state index contributed by atoms with van der Waals surface area (Å²) >= 11 is 0. The third kappa shape index (κ3) is 4.33. The number of benzene rings is 1. The van der Waals surface area contributed by atoms with E-state index in [1.54, 1.807) is 0 Å². The highest BCUT2D eigenvalue weighted by Gasteiger charge is 2.47. The van der Waals surface area contributed by atoms with E-state index in [1.165, 1.54) is 6.42 Å². The minimum absolute atomic E-state index is 0.0552. The molecule has 2 aromatic rings. The number of esters is 1. The smallest absolute Gasteiger partial charge is 0.336 e. The molecule has 0 bridgehead atoms. The van der Waals surface area contributed by atoms with E-state index >= 15 is 0 Å². The summed E-state index contributed by atoms with van der Waals surface area (Å²) in [5.74, 6) is 0.321. The van der Waals surface area contributed by atoms with Crippen molar-refractivity contribution in [3.63, 3.8) is 0 Å². The van der Waals surface area contributed by atoms with Crippen LogP contribution in [0.1, 0.15) is 80.8 Å². The van der Waals surface area contributed by atoms with Gasteiger partial charge in [-0.1, -0.05) is 36.8 Å². The van der Waals surface area contributed by atoms with E-state index in [0.29, 0.717) is 29.9 Å². The maximum absolute atomic E-state index is 13.6. The lowest BCUT2D eigenvalue weighted by Crippen LogP contribution is -2.41. The Morgan fingerprint density at radius 1 is 0.970 bits per heavy atom. The summed E-state index contributed by atoms with van der Waals surface area (Å²) in [7, 11) is 0. The van der Waals surface area contributed by atoms with Gasteiger partial charge in [-0.3, -0.25) is 9.79 Å². The molecule has 0 N–H and O–H groups in total. The first-order valence-corrected chi connectivity index (χ1v) is 12.1. The average molecular weight is 446 g/mol. The molecule has 0 amide bonds. The fraction of sp³-hybridized carbons (Fsp3) is 0.464. The molecule has 3 atom stereocenters. The Morgan fingerprint density at radius 3 is 2.42 bits per heavy atom. The third-order valence-corrected chi connectivity index (χ3v) is 7.34. The molecule has 33 heavy (non-hydrogen) atoms. The van der Waals surface area contributed by atoms with Crippen molar-refractivity contribution >= 4 is 17.5 Å². The topological polar surface area (TPSA) is 68.9 Å². The van der Waals surface area contributed by atoms with Crippen molar-refractivity contribution in [1.82, 2.24) is 0 Å². The fourth-order valence-corrected chi connectivity index (χ4v) is 5.73. The zero-order chi connectivity index (χ0) is 22.9. The first-order valence-electron chi connectivity index (χ1n) is 12.1. The summed E-state index contributed by atoms with van der Waals surface area (Å²) in [5.41, 5.74) is 3.13. The molecule has 5 heteroatoms. The first kappa shape index (κ1) is 21.9. The Kier molecular flexibility index (Phi) is 6.05. The second kappa shape index (κ2) is 9.12. The van der Waals surface area contributed by atoms with E-state index in [4.69, 9.17) is 14.1 Å². The number of carbonyl (C=O) groups is 2. The van der Waals surface area contributed by atoms with Crippen molar-refractivity contribution in [1.29, 1.82) is 0 Å². The van der Waals surface area contributed by atoms with Gasteiger partial charge in [0.15, 0.2) is 0 Å². The van der Waals surface area contributed by atoms with Gasteiger partial charge in [-0.25, -0.2) is 4.79 Å². The van der Waals surface area contributed by atoms with Crippen LogP contribution in [0.2, 0.25) is 0 Å². The molecule has 0 saturated heterocycles. The highest BCUT2D eigenvalue weighted by molar-refractivity contribution is 6.12. The predicted octanol–water partition coefficient (Wildman–Crippen LogP) is 6.04. The van der Waals surface area contributed by atoms with Crippen molar-refractivity contribution in [3.05, 3.63) is 70.8 Å². The summed E-state index contributed by atoms with van der Waals surface area (Å²) in [6.45, 7) is 3.74. The van der Waals surface area contributed by atoms with Crippen LogP contribution in [-0.4, -0.2) is 23.6 Å². The summed E-state index contributed by atoms with van der Waals surface area (Å²) in [5, 5.41) is 0.